The van der Waals surface area contributed by atoms with Crippen molar-refractivity contribution in [2.45, 2.75) is 19.1 Å². The lowest BCUT2D eigenvalue weighted by Gasteiger charge is -2.36. The number of ether oxygens (including phenoxy) is 1. The molecule has 16 heteroatoms. The highest BCUT2D eigenvalue weighted by Crippen LogP contribution is 2.30. The molecule has 7 rings (SSSR count). The summed E-state index contributed by atoms with van der Waals surface area (Å²) in [6, 6.07) is 5.57. The lowest BCUT2D eigenvalue weighted by molar-refractivity contribution is -0.125. The molecule has 0 radical (unpaired) electrons. The molecule has 0 saturated carbocycles. The van der Waals surface area contributed by atoms with Gasteiger partial charge in [0.05, 0.1) is 12.0 Å². The van der Waals surface area contributed by atoms with Crippen LogP contribution in [0.4, 0.5) is 20.4 Å². The van der Waals surface area contributed by atoms with Gasteiger partial charge in [-0.15, -0.1) is 5.10 Å². The van der Waals surface area contributed by atoms with E-state index in [1.54, 1.807) is 23.7 Å². The number of nitrogen functional groups attached to an aromatic ring is 1. The zero-order valence-corrected chi connectivity index (χ0v) is 23.2. The van der Waals surface area contributed by atoms with Crippen LogP contribution in [0.25, 0.3) is 28.4 Å². The van der Waals surface area contributed by atoms with Gasteiger partial charge in [0.15, 0.2) is 34.7 Å². The molecular formula is C27H28F2N10O4. The number of benzene rings is 1. The van der Waals surface area contributed by atoms with E-state index >= 15 is 0 Å². The molecule has 2 aliphatic rings. The number of aromatic nitrogens is 6. The number of furan rings is 1. The molecule has 0 aliphatic carbocycles. The molecule has 4 aromatic heterocycles. The Bertz CT molecular complexity index is 1910. The molecule has 1 atom stereocenters. The minimum Gasteiger partial charge on any atom is -0.477 e. The van der Waals surface area contributed by atoms with Gasteiger partial charge < -0.3 is 25.1 Å². The van der Waals surface area contributed by atoms with Crippen LogP contribution >= 0.6 is 0 Å². The van der Waals surface area contributed by atoms with E-state index in [1.165, 1.54) is 21.4 Å². The maximum Gasteiger partial charge on any atom is 0.330 e. The molecule has 5 aromatic rings. The van der Waals surface area contributed by atoms with E-state index in [2.05, 4.69) is 25.3 Å². The van der Waals surface area contributed by atoms with Crippen molar-refractivity contribution < 1.29 is 22.7 Å². The number of aryl methyl sites for hydroxylation is 1. The van der Waals surface area contributed by atoms with Gasteiger partial charge in [-0.3, -0.25) is 18.8 Å². The van der Waals surface area contributed by atoms with Crippen LogP contribution in [0.2, 0.25) is 0 Å². The molecule has 224 valence electrons. The van der Waals surface area contributed by atoms with Crippen LogP contribution in [0.3, 0.4) is 0 Å². The standard InChI is InChI=1S/C27H28F2N10O4/c1-35-21-23(33-26(30)39-24(21)32-22(34-39)18-3-2-12-42-18)38(27(35)41)11-8-36-6-9-37(10-7-36)17-14-20(16(29)13-15(17)28)43-19-4-5-31-25(19)40/h2-3,12-14,19H,4-11H2,1H3,(H2,30,33)(H,31,40). The number of hydrogen-bond donors (Lipinski definition) is 2. The second-order valence-corrected chi connectivity index (χ2v) is 10.5. The number of carbonyl (C=O) groups excluding carboxylic acids is 1. The van der Waals surface area contributed by atoms with Crippen molar-refractivity contribution in [1.82, 2.24) is 38.9 Å². The number of nitrogens with zero attached hydrogens (tertiary/aromatic N) is 8. The van der Waals surface area contributed by atoms with Crippen LogP contribution in [0.15, 0.2) is 39.7 Å². The number of rotatable bonds is 7. The summed E-state index contributed by atoms with van der Waals surface area (Å²) in [6.45, 7) is 3.41. The highest BCUT2D eigenvalue weighted by atomic mass is 19.1. The smallest absolute Gasteiger partial charge is 0.330 e. The molecule has 3 N–H and O–H groups in total. The maximum absolute atomic E-state index is 14.8. The Morgan fingerprint density at radius 1 is 1.09 bits per heavy atom. The predicted molar refractivity (Wildman–Crippen MR) is 151 cm³/mol. The van der Waals surface area contributed by atoms with Crippen molar-refractivity contribution in [3.05, 3.63) is 52.6 Å². The molecule has 2 aliphatic heterocycles. The fourth-order valence-electron chi connectivity index (χ4n) is 5.64. The Labute approximate surface area is 242 Å². The quantitative estimate of drug-likeness (QED) is 0.279. The highest BCUT2D eigenvalue weighted by Gasteiger charge is 2.29. The van der Waals surface area contributed by atoms with Crippen molar-refractivity contribution in [1.29, 1.82) is 0 Å². The summed E-state index contributed by atoms with van der Waals surface area (Å²) in [5, 5.41) is 7.03. The van der Waals surface area contributed by atoms with Gasteiger partial charge >= 0.3 is 5.69 Å². The number of hydrogen-bond acceptors (Lipinski definition) is 10. The predicted octanol–water partition coefficient (Wildman–Crippen LogP) is 0.988. The second-order valence-electron chi connectivity index (χ2n) is 10.5. The lowest BCUT2D eigenvalue weighted by atomic mass is 10.2. The molecule has 1 aromatic carbocycles. The van der Waals surface area contributed by atoms with Crippen LogP contribution < -0.4 is 26.4 Å². The fourth-order valence-corrected chi connectivity index (χ4v) is 5.64. The van der Waals surface area contributed by atoms with Crippen LogP contribution in [-0.4, -0.2) is 84.9 Å². The van der Waals surface area contributed by atoms with Crippen molar-refractivity contribution in [2.75, 3.05) is 49.9 Å². The fraction of sp³-hybridized carbons (Fsp3) is 0.370. The molecule has 0 spiro atoms. The number of halogens is 2. The molecule has 0 bridgehead atoms. The van der Waals surface area contributed by atoms with Gasteiger partial charge in [-0.25, -0.2) is 18.6 Å². The number of nitrogens with one attached hydrogen (secondary N) is 1. The molecule has 1 amide bonds. The van der Waals surface area contributed by atoms with Crippen LogP contribution in [0, 0.1) is 11.6 Å². The Morgan fingerprint density at radius 2 is 1.91 bits per heavy atom. The summed E-state index contributed by atoms with van der Waals surface area (Å²) in [4.78, 5) is 38.1. The van der Waals surface area contributed by atoms with E-state index in [-0.39, 0.29) is 29.0 Å². The Morgan fingerprint density at radius 3 is 2.63 bits per heavy atom. The van der Waals surface area contributed by atoms with Crippen molar-refractivity contribution >= 4 is 34.4 Å². The summed E-state index contributed by atoms with van der Waals surface area (Å²) >= 11 is 0. The van der Waals surface area contributed by atoms with Crippen LogP contribution in [0.1, 0.15) is 6.42 Å². The van der Waals surface area contributed by atoms with Gasteiger partial charge in [0.25, 0.3) is 5.91 Å². The van der Waals surface area contributed by atoms with E-state index in [4.69, 9.17) is 14.9 Å². The van der Waals surface area contributed by atoms with Crippen molar-refractivity contribution in [2.24, 2.45) is 7.05 Å². The van der Waals surface area contributed by atoms with E-state index in [9.17, 15) is 18.4 Å². The zero-order chi connectivity index (χ0) is 29.8. The summed E-state index contributed by atoms with van der Waals surface area (Å²) in [5.74, 6) is -1.15. The molecule has 2 saturated heterocycles. The topological polar surface area (TPSA) is 154 Å². The largest absolute Gasteiger partial charge is 0.477 e. The summed E-state index contributed by atoms with van der Waals surface area (Å²) in [5.41, 5.74) is 7.43. The number of fused-ring (bicyclic) bond motifs is 3. The highest BCUT2D eigenvalue weighted by molar-refractivity contribution is 5.88. The van der Waals surface area contributed by atoms with Gasteiger partial charge in [0, 0.05) is 71.4 Å². The third-order valence-corrected chi connectivity index (χ3v) is 7.94. The lowest BCUT2D eigenvalue weighted by Crippen LogP contribution is -2.47. The van der Waals surface area contributed by atoms with Crippen molar-refractivity contribution in [3.63, 3.8) is 0 Å². The first-order chi connectivity index (χ1) is 20.8. The molecule has 2 fully saturated rings. The zero-order valence-electron chi connectivity index (χ0n) is 23.2. The van der Waals surface area contributed by atoms with Gasteiger partial charge in [-0.2, -0.15) is 9.50 Å². The first-order valence-electron chi connectivity index (χ1n) is 13.8. The molecule has 6 heterocycles. The monoisotopic (exact) mass is 594 g/mol. The van der Waals surface area contributed by atoms with E-state index in [0.717, 1.165) is 6.07 Å². The summed E-state index contributed by atoms with van der Waals surface area (Å²) in [6.07, 6.45) is 1.14. The third-order valence-electron chi connectivity index (χ3n) is 7.94. The van der Waals surface area contributed by atoms with Gasteiger partial charge in [-0.1, -0.05) is 0 Å². The van der Waals surface area contributed by atoms with E-state index < -0.39 is 17.7 Å². The Hall–Kier alpha value is -4.99. The number of carbonyl (C=O) groups is 1. The normalized spacial score (nSPS) is 17.8. The van der Waals surface area contributed by atoms with Crippen molar-refractivity contribution in [3.8, 4) is 17.3 Å². The molecular weight excluding hydrogens is 566 g/mol. The van der Waals surface area contributed by atoms with E-state index in [1.807, 2.05) is 4.90 Å². The SMILES string of the molecule is Cn1c(=O)n(CCN2CCN(c3cc(OC4CCNC4=O)c(F)cc3F)CC2)c2nc(N)n3nc(-c4ccco4)nc3c21. The third kappa shape index (κ3) is 4.63. The molecule has 14 nitrogen and oxygen atoms in total. The Balaban J connectivity index is 1.07. The average Bonchev–Trinajstić information content (AvgIpc) is 3.79. The minimum atomic E-state index is -0.852. The summed E-state index contributed by atoms with van der Waals surface area (Å²) in [7, 11) is 1.65. The average molecular weight is 595 g/mol. The first-order valence-corrected chi connectivity index (χ1v) is 13.8. The molecule has 1 unspecified atom stereocenters. The molecule has 43 heavy (non-hydrogen) atoms. The second kappa shape index (κ2) is 10.4. The Kier molecular flexibility index (Phi) is 6.49. The number of imidazole rings is 1. The number of nitrogens with two attached hydrogens (primary N) is 1. The number of piperazine rings is 1. The van der Waals surface area contributed by atoms with Gasteiger partial charge in [0.1, 0.15) is 11.3 Å². The first kappa shape index (κ1) is 26.9. The number of anilines is 2. The van der Waals surface area contributed by atoms with Crippen LogP contribution in [-0.2, 0) is 18.4 Å². The number of amides is 1. The van der Waals surface area contributed by atoms with Crippen LogP contribution in [0.5, 0.6) is 5.75 Å². The van der Waals surface area contributed by atoms with Gasteiger partial charge in [0.2, 0.25) is 11.8 Å². The minimum absolute atomic E-state index is 0.0824. The maximum atomic E-state index is 14.8. The van der Waals surface area contributed by atoms with E-state index in [0.29, 0.717) is 80.6 Å². The summed E-state index contributed by atoms with van der Waals surface area (Å²) < 4.78 is 44.6. The van der Waals surface area contributed by atoms with Gasteiger partial charge in [-0.05, 0) is 12.1 Å².